The zero-order valence-electron chi connectivity index (χ0n) is 12.3. The molecule has 4 nitrogen and oxygen atoms in total. The number of amides is 2. The maximum absolute atomic E-state index is 11.9. The van der Waals surface area contributed by atoms with Gasteiger partial charge in [-0.05, 0) is 36.5 Å². The van der Waals surface area contributed by atoms with Crippen molar-refractivity contribution in [3.05, 3.63) is 34.9 Å². The topological polar surface area (TPSA) is 49.4 Å². The molecule has 0 unspecified atom stereocenters. The van der Waals surface area contributed by atoms with Crippen molar-refractivity contribution < 1.29 is 9.59 Å². The molecule has 2 amide bonds. The van der Waals surface area contributed by atoms with Crippen LogP contribution >= 0.6 is 11.6 Å². The summed E-state index contributed by atoms with van der Waals surface area (Å²) < 4.78 is 0. The lowest BCUT2D eigenvalue weighted by molar-refractivity contribution is -0.130. The Balaban J connectivity index is 1.71. The number of nitrogens with one attached hydrogen (secondary N) is 1. The Kier molecular flexibility index (Phi) is 5.62. The van der Waals surface area contributed by atoms with E-state index in [2.05, 4.69) is 5.32 Å². The summed E-state index contributed by atoms with van der Waals surface area (Å²) in [6.45, 7) is 3.88. The molecule has 1 heterocycles. The third-order valence-corrected chi connectivity index (χ3v) is 4.14. The number of hydrogen-bond donors (Lipinski definition) is 1. The summed E-state index contributed by atoms with van der Waals surface area (Å²) >= 11 is 5.90. The fourth-order valence-corrected chi connectivity index (χ4v) is 2.82. The van der Waals surface area contributed by atoms with Gasteiger partial charge in [-0.2, -0.15) is 0 Å². The first-order valence-corrected chi connectivity index (χ1v) is 7.69. The van der Waals surface area contributed by atoms with Crippen LogP contribution in [0.15, 0.2) is 24.3 Å². The molecule has 1 fully saturated rings. The maximum Gasteiger partial charge on any atom is 0.224 e. The van der Waals surface area contributed by atoms with E-state index in [1.165, 1.54) is 0 Å². The van der Waals surface area contributed by atoms with E-state index in [1.54, 1.807) is 13.0 Å². The van der Waals surface area contributed by atoms with Gasteiger partial charge in [0, 0.05) is 31.6 Å². The average molecular weight is 309 g/mol. The predicted octanol–water partition coefficient (Wildman–Crippen LogP) is 2.26. The highest BCUT2D eigenvalue weighted by atomic mass is 35.5. The highest BCUT2D eigenvalue weighted by Crippen LogP contribution is 2.16. The highest BCUT2D eigenvalue weighted by molar-refractivity contribution is 6.30. The SMILES string of the molecule is CC(=O)N1CCC(CNC(=O)Cc2cccc(Cl)c2)CC1. The molecule has 0 atom stereocenters. The molecule has 2 rings (SSSR count). The Morgan fingerprint density at radius 1 is 1.33 bits per heavy atom. The van der Waals surface area contributed by atoms with Gasteiger partial charge in [-0.25, -0.2) is 0 Å². The van der Waals surface area contributed by atoms with E-state index in [0.717, 1.165) is 31.5 Å². The van der Waals surface area contributed by atoms with Crippen molar-refractivity contribution >= 4 is 23.4 Å². The van der Waals surface area contributed by atoms with E-state index in [4.69, 9.17) is 11.6 Å². The van der Waals surface area contributed by atoms with Crippen LogP contribution in [0.25, 0.3) is 0 Å². The minimum atomic E-state index is 0.0197. The van der Waals surface area contributed by atoms with Crippen LogP contribution in [0.1, 0.15) is 25.3 Å². The largest absolute Gasteiger partial charge is 0.356 e. The minimum Gasteiger partial charge on any atom is -0.356 e. The van der Waals surface area contributed by atoms with Crippen LogP contribution in [0, 0.1) is 5.92 Å². The van der Waals surface area contributed by atoms with Gasteiger partial charge in [0.15, 0.2) is 0 Å². The Morgan fingerprint density at radius 3 is 2.67 bits per heavy atom. The lowest BCUT2D eigenvalue weighted by Crippen LogP contribution is -2.40. The van der Waals surface area contributed by atoms with Gasteiger partial charge in [0.05, 0.1) is 6.42 Å². The van der Waals surface area contributed by atoms with Crippen molar-refractivity contribution in [3.8, 4) is 0 Å². The molecule has 1 aromatic rings. The van der Waals surface area contributed by atoms with Crippen LogP contribution in [0.2, 0.25) is 5.02 Å². The molecule has 1 aromatic carbocycles. The van der Waals surface area contributed by atoms with Gasteiger partial charge in [-0.1, -0.05) is 23.7 Å². The van der Waals surface area contributed by atoms with E-state index < -0.39 is 0 Å². The third-order valence-electron chi connectivity index (χ3n) is 3.90. The molecule has 5 heteroatoms. The van der Waals surface area contributed by atoms with E-state index in [-0.39, 0.29) is 11.8 Å². The van der Waals surface area contributed by atoms with Crippen LogP contribution in [0.5, 0.6) is 0 Å². The van der Waals surface area contributed by atoms with Crippen LogP contribution in [0.3, 0.4) is 0 Å². The number of benzene rings is 1. The van der Waals surface area contributed by atoms with Gasteiger partial charge in [0.25, 0.3) is 0 Å². The second-order valence-electron chi connectivity index (χ2n) is 5.56. The van der Waals surface area contributed by atoms with E-state index >= 15 is 0 Å². The molecule has 114 valence electrons. The normalized spacial score (nSPS) is 15.8. The molecule has 1 N–H and O–H groups in total. The van der Waals surface area contributed by atoms with Gasteiger partial charge in [-0.3, -0.25) is 9.59 Å². The van der Waals surface area contributed by atoms with E-state index in [1.807, 2.05) is 23.1 Å². The second kappa shape index (κ2) is 7.46. The summed E-state index contributed by atoms with van der Waals surface area (Å²) in [5.41, 5.74) is 0.923. The molecular weight excluding hydrogens is 288 g/mol. The molecule has 0 saturated carbocycles. The zero-order valence-corrected chi connectivity index (χ0v) is 13.0. The van der Waals surface area contributed by atoms with E-state index in [9.17, 15) is 9.59 Å². The number of piperidine rings is 1. The van der Waals surface area contributed by atoms with Gasteiger partial charge >= 0.3 is 0 Å². The van der Waals surface area contributed by atoms with Crippen molar-refractivity contribution in [3.63, 3.8) is 0 Å². The smallest absolute Gasteiger partial charge is 0.224 e. The highest BCUT2D eigenvalue weighted by Gasteiger charge is 2.20. The van der Waals surface area contributed by atoms with Crippen molar-refractivity contribution in [1.29, 1.82) is 0 Å². The van der Waals surface area contributed by atoms with Crippen molar-refractivity contribution in [2.75, 3.05) is 19.6 Å². The monoisotopic (exact) mass is 308 g/mol. The Labute approximate surface area is 130 Å². The number of rotatable bonds is 4. The summed E-state index contributed by atoms with van der Waals surface area (Å²) in [4.78, 5) is 25.0. The van der Waals surface area contributed by atoms with Crippen LogP contribution in [-0.2, 0) is 16.0 Å². The summed E-state index contributed by atoms with van der Waals surface area (Å²) in [6.07, 6.45) is 2.26. The predicted molar refractivity (Wildman–Crippen MR) is 83.1 cm³/mol. The van der Waals surface area contributed by atoms with Gasteiger partial charge in [0.1, 0.15) is 0 Å². The van der Waals surface area contributed by atoms with Crippen LogP contribution in [-0.4, -0.2) is 36.3 Å². The molecule has 0 bridgehead atoms. The van der Waals surface area contributed by atoms with Gasteiger partial charge < -0.3 is 10.2 Å². The number of hydrogen-bond acceptors (Lipinski definition) is 2. The molecule has 0 aliphatic carbocycles. The number of nitrogens with zero attached hydrogens (tertiary/aromatic N) is 1. The first-order chi connectivity index (χ1) is 10.0. The fraction of sp³-hybridized carbons (Fsp3) is 0.500. The number of carbonyl (C=O) groups is 2. The molecule has 0 radical (unpaired) electrons. The van der Waals surface area contributed by atoms with Crippen molar-refractivity contribution in [2.45, 2.75) is 26.2 Å². The standard InChI is InChI=1S/C16H21ClN2O2/c1-12(20)19-7-5-13(6-8-19)11-18-16(21)10-14-3-2-4-15(17)9-14/h2-4,9,13H,5-8,10-11H2,1H3,(H,18,21). The summed E-state index contributed by atoms with van der Waals surface area (Å²) in [5.74, 6) is 0.619. The zero-order chi connectivity index (χ0) is 15.2. The summed E-state index contributed by atoms with van der Waals surface area (Å²) in [5, 5.41) is 3.63. The second-order valence-corrected chi connectivity index (χ2v) is 6.00. The molecule has 1 saturated heterocycles. The van der Waals surface area contributed by atoms with Crippen molar-refractivity contribution in [1.82, 2.24) is 10.2 Å². The fourth-order valence-electron chi connectivity index (χ4n) is 2.60. The van der Waals surface area contributed by atoms with Crippen molar-refractivity contribution in [2.24, 2.45) is 5.92 Å². The minimum absolute atomic E-state index is 0.0197. The lowest BCUT2D eigenvalue weighted by Gasteiger charge is -2.31. The molecule has 21 heavy (non-hydrogen) atoms. The molecule has 1 aliphatic rings. The maximum atomic E-state index is 11.9. The first kappa shape index (κ1) is 15.8. The Bertz CT molecular complexity index is 511. The first-order valence-electron chi connectivity index (χ1n) is 7.31. The molecule has 1 aliphatic heterocycles. The Hall–Kier alpha value is -1.55. The summed E-state index contributed by atoms with van der Waals surface area (Å²) in [7, 11) is 0. The number of likely N-dealkylation sites (tertiary alicyclic amines) is 1. The molecular formula is C16H21ClN2O2. The number of halogens is 1. The third kappa shape index (κ3) is 5.05. The van der Waals surface area contributed by atoms with Crippen LogP contribution in [0.4, 0.5) is 0 Å². The quantitative estimate of drug-likeness (QED) is 0.927. The molecule has 0 aromatic heterocycles. The van der Waals surface area contributed by atoms with Gasteiger partial charge in [-0.15, -0.1) is 0 Å². The van der Waals surface area contributed by atoms with Gasteiger partial charge in [0.2, 0.25) is 11.8 Å². The lowest BCUT2D eigenvalue weighted by atomic mass is 9.96. The molecule has 0 spiro atoms. The van der Waals surface area contributed by atoms with E-state index in [0.29, 0.717) is 23.9 Å². The summed E-state index contributed by atoms with van der Waals surface area (Å²) in [6, 6.07) is 7.36. The van der Waals surface area contributed by atoms with Crippen LogP contribution < -0.4 is 5.32 Å². The Morgan fingerprint density at radius 2 is 2.05 bits per heavy atom. The number of carbonyl (C=O) groups excluding carboxylic acids is 2. The average Bonchev–Trinajstić information content (AvgIpc) is 2.45.